The molecule has 0 spiro atoms. The van der Waals surface area contributed by atoms with E-state index in [1.807, 2.05) is 42.5 Å². The molecule has 2 heterocycles. The van der Waals surface area contributed by atoms with Crippen LogP contribution in [0.3, 0.4) is 0 Å². The highest BCUT2D eigenvalue weighted by Gasteiger charge is 2.40. The fraction of sp³-hybridized carbons (Fsp3) is 0.140. The van der Waals surface area contributed by atoms with Crippen molar-refractivity contribution < 1.29 is 16.7 Å². The molecular formula is C43H35F3N2OSi. The van der Waals surface area contributed by atoms with Crippen LogP contribution < -0.4 is 5.19 Å². The van der Waals surface area contributed by atoms with Crippen molar-refractivity contribution >= 4 is 47.2 Å². The molecule has 50 heavy (non-hydrogen) atoms. The van der Waals surface area contributed by atoms with E-state index in [9.17, 15) is 12.3 Å². The van der Waals surface area contributed by atoms with Crippen molar-refractivity contribution in [3.63, 3.8) is 0 Å². The summed E-state index contributed by atoms with van der Waals surface area (Å²) >= 11 is 0. The molecule has 0 amide bonds. The Bertz CT molecular complexity index is 2500. The van der Waals surface area contributed by atoms with E-state index in [-0.39, 0.29) is 17.4 Å². The smallest absolute Gasteiger partial charge is 0.455 e. The normalized spacial score (nSPS) is 12.3. The molecule has 248 valence electrons. The van der Waals surface area contributed by atoms with E-state index in [2.05, 4.69) is 99.0 Å². The van der Waals surface area contributed by atoms with Crippen molar-refractivity contribution in [3.8, 4) is 39.3 Å². The van der Waals surface area contributed by atoms with E-state index < -0.39 is 14.3 Å². The topological polar surface area (TPSA) is 31.0 Å². The van der Waals surface area contributed by atoms with Crippen LogP contribution in [0.1, 0.15) is 50.7 Å². The average Bonchev–Trinajstić information content (AvgIpc) is 3.69. The highest BCUT2D eigenvalue weighted by atomic mass is 28.5. The molecule has 7 heteroatoms. The van der Waals surface area contributed by atoms with Crippen molar-refractivity contribution in [1.82, 2.24) is 9.55 Å². The van der Waals surface area contributed by atoms with E-state index in [1.165, 1.54) is 34.4 Å². The molecule has 6 aromatic carbocycles. The van der Waals surface area contributed by atoms with E-state index in [0.717, 1.165) is 44.9 Å². The van der Waals surface area contributed by atoms with Gasteiger partial charge < -0.3 is 4.42 Å². The molecule has 0 N–H and O–H groups in total. The lowest BCUT2D eigenvalue weighted by atomic mass is 9.87. The minimum absolute atomic E-state index is 0.173. The largest absolute Gasteiger partial charge is 0.653 e. The number of imidazole rings is 1. The first-order valence-corrected chi connectivity index (χ1v) is 18.6. The first kappa shape index (κ1) is 31.8. The Labute approximate surface area is 290 Å². The number of nitrogens with zero attached hydrogens (tertiary/aromatic N) is 2. The minimum atomic E-state index is -6.01. The summed E-state index contributed by atoms with van der Waals surface area (Å²) in [4.78, 5) is 5.19. The molecule has 0 fully saturated rings. The number of halogens is 3. The molecule has 3 nitrogen and oxygen atoms in total. The summed E-state index contributed by atoms with van der Waals surface area (Å²) in [6.07, 6.45) is 0. The van der Waals surface area contributed by atoms with Gasteiger partial charge in [-0.1, -0.05) is 119 Å². The van der Waals surface area contributed by atoms with Gasteiger partial charge in [0.1, 0.15) is 17.0 Å². The molecule has 0 aliphatic carbocycles. The Balaban J connectivity index is 1.36. The number of benzene rings is 6. The van der Waals surface area contributed by atoms with Gasteiger partial charge in [-0.15, -0.1) is 0 Å². The SMILES string of the molecule is CC(C)c1cc(-c2ccc(-c3ccccc3)cc2)cc(C(C)C)c1-n1c(-c2cccc3c2oc2cc([Si](F)(F)F)ccc23)nc2ccccc21. The third kappa shape index (κ3) is 5.42. The zero-order valence-corrected chi connectivity index (χ0v) is 29.2. The zero-order chi connectivity index (χ0) is 34.7. The highest BCUT2D eigenvalue weighted by Crippen LogP contribution is 2.42. The van der Waals surface area contributed by atoms with Crippen molar-refractivity contribution in [2.24, 2.45) is 0 Å². The first-order valence-electron chi connectivity index (χ1n) is 16.9. The molecule has 0 radical (unpaired) electrons. The quantitative estimate of drug-likeness (QED) is 0.124. The Hall–Kier alpha value is -5.40. The number of fused-ring (bicyclic) bond motifs is 4. The fourth-order valence-electron chi connectivity index (χ4n) is 7.05. The summed E-state index contributed by atoms with van der Waals surface area (Å²) in [6, 6.07) is 41.4. The van der Waals surface area contributed by atoms with Crippen LogP contribution in [0.15, 0.2) is 132 Å². The second-order valence-electron chi connectivity index (χ2n) is 13.5. The zero-order valence-electron chi connectivity index (χ0n) is 28.2. The van der Waals surface area contributed by atoms with Gasteiger partial charge in [-0.25, -0.2) is 17.3 Å². The summed E-state index contributed by atoms with van der Waals surface area (Å²) < 4.78 is 49.9. The lowest BCUT2D eigenvalue weighted by molar-refractivity contribution is 0.501. The molecule has 0 bridgehead atoms. The number of furan rings is 1. The third-order valence-electron chi connectivity index (χ3n) is 9.59. The van der Waals surface area contributed by atoms with Crippen LogP contribution in [0, 0.1) is 0 Å². The fourth-order valence-corrected chi connectivity index (χ4v) is 7.62. The molecule has 0 unspecified atom stereocenters. The van der Waals surface area contributed by atoms with Crippen molar-refractivity contribution in [2.45, 2.75) is 39.5 Å². The van der Waals surface area contributed by atoms with Gasteiger partial charge >= 0.3 is 9.08 Å². The molecule has 8 rings (SSSR count). The molecule has 2 aromatic heterocycles. The number of hydrogen-bond donors (Lipinski definition) is 0. The lowest BCUT2D eigenvalue weighted by Crippen LogP contribution is -2.33. The Morgan fingerprint density at radius 2 is 1.22 bits per heavy atom. The van der Waals surface area contributed by atoms with Crippen molar-refractivity contribution in [2.75, 3.05) is 0 Å². The number of aromatic nitrogens is 2. The number of rotatable bonds is 7. The van der Waals surface area contributed by atoms with Gasteiger partial charge in [0.2, 0.25) is 0 Å². The molecule has 0 aliphatic rings. The summed E-state index contributed by atoms with van der Waals surface area (Å²) in [5.41, 5.74) is 11.3. The van der Waals surface area contributed by atoms with Crippen molar-refractivity contribution in [1.29, 1.82) is 0 Å². The van der Waals surface area contributed by atoms with E-state index in [4.69, 9.17) is 9.40 Å². The van der Waals surface area contributed by atoms with Crippen LogP contribution in [0.5, 0.6) is 0 Å². The molecule has 0 aliphatic heterocycles. The summed E-state index contributed by atoms with van der Waals surface area (Å²) in [5, 5.41) is 0.810. The Kier molecular flexibility index (Phi) is 7.75. The number of para-hydroxylation sites is 3. The lowest BCUT2D eigenvalue weighted by Gasteiger charge is -2.24. The minimum Gasteiger partial charge on any atom is -0.455 e. The molecule has 8 aromatic rings. The van der Waals surface area contributed by atoms with E-state index in [0.29, 0.717) is 16.8 Å². The van der Waals surface area contributed by atoms with Gasteiger partial charge in [-0.05, 0) is 81.6 Å². The predicted molar refractivity (Wildman–Crippen MR) is 202 cm³/mol. The van der Waals surface area contributed by atoms with Gasteiger partial charge in [0, 0.05) is 16.0 Å². The third-order valence-corrected chi connectivity index (χ3v) is 10.6. The van der Waals surface area contributed by atoms with Crippen LogP contribution in [0.4, 0.5) is 12.3 Å². The highest BCUT2D eigenvalue weighted by molar-refractivity contribution is 6.73. The van der Waals surface area contributed by atoms with Gasteiger partial charge in [0.15, 0.2) is 0 Å². The monoisotopic (exact) mass is 680 g/mol. The standard InChI is InChI=1S/C43H35F3N2OSi/c1-26(2)36-23-31(30-19-17-29(18-20-30)28-11-6-5-7-12-28)24-37(27(3)4)41(36)48-39-16-9-8-15-38(39)47-43(48)35-14-10-13-34-33-22-21-32(50(44,45)46)25-40(33)49-42(34)35/h5-27H,1-4H3. The summed E-state index contributed by atoms with van der Waals surface area (Å²) in [6.45, 7) is 8.86. The second-order valence-corrected chi connectivity index (χ2v) is 15.1. The van der Waals surface area contributed by atoms with Crippen LogP contribution in [-0.2, 0) is 0 Å². The van der Waals surface area contributed by atoms with Crippen LogP contribution >= 0.6 is 0 Å². The second kappa shape index (κ2) is 12.2. The van der Waals surface area contributed by atoms with E-state index >= 15 is 0 Å². The van der Waals surface area contributed by atoms with Gasteiger partial charge in [-0.2, -0.15) is 0 Å². The van der Waals surface area contributed by atoms with Gasteiger partial charge in [0.05, 0.1) is 22.3 Å². The van der Waals surface area contributed by atoms with Crippen molar-refractivity contribution in [3.05, 3.63) is 139 Å². The Morgan fingerprint density at radius 1 is 0.600 bits per heavy atom. The average molecular weight is 681 g/mol. The van der Waals surface area contributed by atoms with E-state index in [1.54, 1.807) is 0 Å². The Morgan fingerprint density at radius 3 is 1.88 bits per heavy atom. The number of hydrogen-bond acceptors (Lipinski definition) is 2. The summed E-state index contributed by atoms with van der Waals surface area (Å²) in [5.74, 6) is 1.03. The first-order chi connectivity index (χ1) is 24.1. The molecule has 0 saturated carbocycles. The van der Waals surface area contributed by atoms with Crippen LogP contribution in [0.25, 0.3) is 72.3 Å². The molecular weight excluding hydrogens is 646 g/mol. The maximum Gasteiger partial charge on any atom is 0.653 e. The molecule has 0 saturated heterocycles. The van der Waals surface area contributed by atoms with Crippen LogP contribution in [0.2, 0.25) is 0 Å². The maximum absolute atomic E-state index is 13.8. The molecule has 0 atom stereocenters. The van der Waals surface area contributed by atoms with Crippen LogP contribution in [-0.4, -0.2) is 18.6 Å². The van der Waals surface area contributed by atoms with Gasteiger partial charge in [-0.3, -0.25) is 4.57 Å². The summed E-state index contributed by atoms with van der Waals surface area (Å²) in [7, 11) is -6.01. The predicted octanol–water partition coefficient (Wildman–Crippen LogP) is 12.2. The van der Waals surface area contributed by atoms with Gasteiger partial charge in [0.25, 0.3) is 0 Å². The maximum atomic E-state index is 13.8.